The molecule has 0 spiro atoms. The van der Waals surface area contributed by atoms with Crippen molar-refractivity contribution >= 4 is 17.5 Å². The van der Waals surface area contributed by atoms with Gasteiger partial charge in [0.2, 0.25) is 11.8 Å². The van der Waals surface area contributed by atoms with Crippen molar-refractivity contribution in [3.63, 3.8) is 0 Å². The van der Waals surface area contributed by atoms with Crippen molar-refractivity contribution in [2.24, 2.45) is 5.73 Å². The summed E-state index contributed by atoms with van der Waals surface area (Å²) >= 11 is 0. The first kappa shape index (κ1) is 13.3. The minimum absolute atomic E-state index is 0.125. The van der Waals surface area contributed by atoms with Crippen LogP contribution in [0, 0.1) is 11.8 Å². The second kappa shape index (κ2) is 5.68. The highest BCUT2D eigenvalue weighted by Gasteiger charge is 2.31. The topological polar surface area (TPSA) is 63.4 Å². The molecule has 0 radical (unpaired) electrons. The van der Waals surface area contributed by atoms with Crippen LogP contribution in [0.3, 0.4) is 0 Å². The molecule has 1 aromatic rings. The summed E-state index contributed by atoms with van der Waals surface area (Å²) in [5.74, 6) is 5.50. The minimum Gasteiger partial charge on any atom is -0.320 e. The second-order valence-electron chi connectivity index (χ2n) is 4.33. The lowest BCUT2D eigenvalue weighted by molar-refractivity contribution is -0.121. The number of carbonyl (C=O) groups excluding carboxylic acids is 2. The van der Waals surface area contributed by atoms with Crippen LogP contribution in [0.1, 0.15) is 30.9 Å². The number of amides is 2. The number of hydrogen-bond donors (Lipinski definition) is 1. The van der Waals surface area contributed by atoms with Gasteiger partial charge in [-0.25, -0.2) is 0 Å². The fourth-order valence-corrected chi connectivity index (χ4v) is 2.16. The molecule has 4 heteroatoms. The molecular weight excluding hydrogens is 240 g/mol. The first-order chi connectivity index (χ1) is 9.17. The van der Waals surface area contributed by atoms with E-state index in [0.717, 1.165) is 17.5 Å². The summed E-state index contributed by atoms with van der Waals surface area (Å²) in [5.41, 5.74) is 7.83. The van der Waals surface area contributed by atoms with Gasteiger partial charge < -0.3 is 5.73 Å². The van der Waals surface area contributed by atoms with E-state index in [1.807, 2.05) is 19.1 Å². The van der Waals surface area contributed by atoms with Crippen LogP contribution in [-0.2, 0) is 16.0 Å². The zero-order valence-electron chi connectivity index (χ0n) is 10.9. The molecule has 98 valence electrons. The maximum Gasteiger partial charge on any atom is 0.234 e. The first-order valence-electron chi connectivity index (χ1n) is 6.35. The van der Waals surface area contributed by atoms with Gasteiger partial charge in [0.05, 0.1) is 12.2 Å². The number of benzene rings is 1. The normalized spacial score (nSPS) is 14.5. The van der Waals surface area contributed by atoms with Gasteiger partial charge in [0, 0.05) is 18.4 Å². The fourth-order valence-electron chi connectivity index (χ4n) is 2.16. The van der Waals surface area contributed by atoms with Gasteiger partial charge in [-0.15, -0.1) is 0 Å². The summed E-state index contributed by atoms with van der Waals surface area (Å²) in [5, 5.41) is 0. The number of aryl methyl sites for hydroxylation is 1. The molecule has 1 aliphatic heterocycles. The van der Waals surface area contributed by atoms with Gasteiger partial charge in [-0.1, -0.05) is 18.8 Å². The van der Waals surface area contributed by atoms with Gasteiger partial charge in [-0.2, -0.15) is 0 Å². The maximum absolute atomic E-state index is 11.8. The molecule has 1 heterocycles. The first-order valence-corrected chi connectivity index (χ1v) is 6.35. The molecule has 2 N–H and O–H groups in total. The molecule has 1 aromatic carbocycles. The zero-order chi connectivity index (χ0) is 13.8. The Balaban J connectivity index is 2.41. The number of nitrogens with two attached hydrogens (primary N) is 1. The molecule has 0 unspecified atom stereocenters. The van der Waals surface area contributed by atoms with E-state index < -0.39 is 0 Å². The van der Waals surface area contributed by atoms with E-state index in [-0.39, 0.29) is 11.8 Å². The van der Waals surface area contributed by atoms with Gasteiger partial charge in [-0.05, 0) is 30.2 Å². The van der Waals surface area contributed by atoms with Crippen molar-refractivity contribution in [1.82, 2.24) is 0 Å². The van der Waals surface area contributed by atoms with Crippen LogP contribution in [0.5, 0.6) is 0 Å². The molecule has 1 fully saturated rings. The maximum atomic E-state index is 11.8. The van der Waals surface area contributed by atoms with E-state index in [1.54, 1.807) is 6.07 Å². The van der Waals surface area contributed by atoms with Crippen LogP contribution in [0.15, 0.2) is 18.2 Å². The number of rotatable bonds is 2. The van der Waals surface area contributed by atoms with Crippen molar-refractivity contribution < 1.29 is 9.59 Å². The van der Waals surface area contributed by atoms with E-state index >= 15 is 0 Å². The molecule has 0 saturated carbocycles. The molecule has 0 aromatic heterocycles. The van der Waals surface area contributed by atoms with Gasteiger partial charge in [0.1, 0.15) is 0 Å². The predicted molar refractivity (Wildman–Crippen MR) is 73.5 cm³/mol. The minimum atomic E-state index is -0.125. The van der Waals surface area contributed by atoms with Crippen LogP contribution in [0.4, 0.5) is 5.69 Å². The van der Waals surface area contributed by atoms with Gasteiger partial charge in [0.25, 0.3) is 0 Å². The summed E-state index contributed by atoms with van der Waals surface area (Å²) in [6, 6.07) is 5.52. The summed E-state index contributed by atoms with van der Waals surface area (Å²) in [6.45, 7) is 2.30. The number of imide groups is 1. The summed E-state index contributed by atoms with van der Waals surface area (Å²) in [7, 11) is 0. The van der Waals surface area contributed by atoms with Crippen LogP contribution < -0.4 is 10.6 Å². The lowest BCUT2D eigenvalue weighted by Crippen LogP contribution is -2.29. The Labute approximate surface area is 112 Å². The lowest BCUT2D eigenvalue weighted by Gasteiger charge is -2.17. The highest BCUT2D eigenvalue weighted by Crippen LogP contribution is 2.27. The van der Waals surface area contributed by atoms with Gasteiger partial charge in [-0.3, -0.25) is 14.5 Å². The zero-order valence-corrected chi connectivity index (χ0v) is 10.9. The molecule has 19 heavy (non-hydrogen) atoms. The Morgan fingerprint density at radius 1 is 1.26 bits per heavy atom. The number of nitrogens with zero attached hydrogens (tertiary/aromatic N) is 1. The molecule has 0 bridgehead atoms. The number of hydrogen-bond acceptors (Lipinski definition) is 3. The molecule has 2 rings (SSSR count). The van der Waals surface area contributed by atoms with E-state index in [0.29, 0.717) is 25.1 Å². The molecule has 1 saturated heterocycles. The predicted octanol–water partition coefficient (Wildman–Crippen LogP) is 1.21. The summed E-state index contributed by atoms with van der Waals surface area (Å²) in [6.07, 6.45) is 1.35. The van der Waals surface area contributed by atoms with E-state index in [2.05, 4.69) is 11.8 Å². The van der Waals surface area contributed by atoms with Gasteiger partial charge in [0.15, 0.2) is 0 Å². The summed E-state index contributed by atoms with van der Waals surface area (Å²) in [4.78, 5) is 24.8. The molecule has 0 aliphatic carbocycles. The number of anilines is 1. The highest BCUT2D eigenvalue weighted by molar-refractivity contribution is 6.20. The van der Waals surface area contributed by atoms with Crippen LogP contribution >= 0.6 is 0 Å². The molecule has 4 nitrogen and oxygen atoms in total. The van der Waals surface area contributed by atoms with Crippen LogP contribution in [-0.4, -0.2) is 18.4 Å². The SMILES string of the molecule is CCc1cc(C#CCN)ccc1N1C(=O)CCC1=O. The largest absolute Gasteiger partial charge is 0.320 e. The molecule has 0 atom stereocenters. The van der Waals surface area contributed by atoms with Crippen LogP contribution in [0.2, 0.25) is 0 Å². The Morgan fingerprint density at radius 3 is 2.53 bits per heavy atom. The van der Waals surface area contributed by atoms with Crippen molar-refractivity contribution in [3.05, 3.63) is 29.3 Å². The van der Waals surface area contributed by atoms with E-state index in [9.17, 15) is 9.59 Å². The molecule has 2 amide bonds. The third-order valence-electron chi connectivity index (χ3n) is 3.09. The molecule has 1 aliphatic rings. The standard InChI is InChI=1S/C15H16N2O2/c1-2-12-10-11(4-3-9-16)5-6-13(12)17-14(18)7-8-15(17)19/h5-6,10H,2,7-9,16H2,1H3. The monoisotopic (exact) mass is 256 g/mol. The average Bonchev–Trinajstić information content (AvgIpc) is 2.75. The molecular formula is C15H16N2O2. The Bertz CT molecular complexity index is 566. The quantitative estimate of drug-likeness (QED) is 0.639. The summed E-state index contributed by atoms with van der Waals surface area (Å²) < 4.78 is 0. The van der Waals surface area contributed by atoms with Crippen molar-refractivity contribution in [2.45, 2.75) is 26.2 Å². The van der Waals surface area contributed by atoms with E-state index in [4.69, 9.17) is 5.73 Å². The van der Waals surface area contributed by atoms with Crippen molar-refractivity contribution in [1.29, 1.82) is 0 Å². The Morgan fingerprint density at radius 2 is 1.95 bits per heavy atom. The fraction of sp³-hybridized carbons (Fsp3) is 0.333. The third-order valence-corrected chi connectivity index (χ3v) is 3.09. The smallest absolute Gasteiger partial charge is 0.234 e. The van der Waals surface area contributed by atoms with Crippen molar-refractivity contribution in [2.75, 3.05) is 11.4 Å². The lowest BCUT2D eigenvalue weighted by atomic mass is 10.1. The highest BCUT2D eigenvalue weighted by atomic mass is 16.2. The second-order valence-corrected chi connectivity index (χ2v) is 4.33. The number of carbonyl (C=O) groups is 2. The Kier molecular flexibility index (Phi) is 3.98. The van der Waals surface area contributed by atoms with Crippen molar-refractivity contribution in [3.8, 4) is 11.8 Å². The Hall–Kier alpha value is -2.12. The van der Waals surface area contributed by atoms with E-state index in [1.165, 1.54) is 4.90 Å². The third kappa shape index (κ3) is 2.67. The van der Waals surface area contributed by atoms with Gasteiger partial charge >= 0.3 is 0 Å². The average molecular weight is 256 g/mol. The van der Waals surface area contributed by atoms with Crippen LogP contribution in [0.25, 0.3) is 0 Å².